The lowest BCUT2D eigenvalue weighted by molar-refractivity contribution is -0.144. The zero-order valence-corrected chi connectivity index (χ0v) is 12.2. The highest BCUT2D eigenvalue weighted by Crippen LogP contribution is 2.26. The van der Waals surface area contributed by atoms with Crippen LogP contribution in [0.2, 0.25) is 0 Å². The molecule has 23 heavy (non-hydrogen) atoms. The molecule has 0 aliphatic rings. The molecule has 0 atom stereocenters. The minimum absolute atomic E-state index is 0.174. The number of anilines is 1. The molecule has 3 rings (SSSR count). The van der Waals surface area contributed by atoms with Crippen molar-refractivity contribution in [3.63, 3.8) is 0 Å². The Morgan fingerprint density at radius 2 is 2.17 bits per heavy atom. The molecule has 3 aromatic rings. The van der Waals surface area contributed by atoms with Gasteiger partial charge in [-0.1, -0.05) is 0 Å². The summed E-state index contributed by atoms with van der Waals surface area (Å²) >= 11 is 1.40. The molecule has 0 saturated carbocycles. The van der Waals surface area contributed by atoms with Crippen molar-refractivity contribution < 1.29 is 18.0 Å². The van der Waals surface area contributed by atoms with Crippen molar-refractivity contribution in [3.8, 4) is 5.95 Å². The second kappa shape index (κ2) is 5.46. The first kappa shape index (κ1) is 15.1. The summed E-state index contributed by atoms with van der Waals surface area (Å²) in [6.45, 7) is 1.47. The second-order valence-electron chi connectivity index (χ2n) is 4.34. The van der Waals surface area contributed by atoms with Gasteiger partial charge in [-0.25, -0.2) is 4.98 Å². The van der Waals surface area contributed by atoms with Gasteiger partial charge in [0, 0.05) is 5.38 Å². The molecule has 3 heterocycles. The standard InChI is InChI=1S/C11H8F3N7OS/c1-5-15-7(8(22)16-6-2-3-23-4-6)20-21(5)10-17-9(18-19-10)11(12,13)14/h2-4H,1H3,(H,16,22)(H,17,18,19). The van der Waals surface area contributed by atoms with Crippen LogP contribution in [0.1, 0.15) is 22.3 Å². The summed E-state index contributed by atoms with van der Waals surface area (Å²) in [5.41, 5.74) is 0.575. The maximum Gasteiger partial charge on any atom is 0.451 e. The molecular formula is C11H8F3N7OS. The summed E-state index contributed by atoms with van der Waals surface area (Å²) in [6, 6.07) is 1.69. The number of amides is 1. The number of hydrogen-bond donors (Lipinski definition) is 2. The fourth-order valence-electron chi connectivity index (χ4n) is 1.67. The Morgan fingerprint density at radius 1 is 1.39 bits per heavy atom. The van der Waals surface area contributed by atoms with Crippen LogP contribution in [0.5, 0.6) is 0 Å². The van der Waals surface area contributed by atoms with Crippen molar-refractivity contribution in [2.75, 3.05) is 5.32 Å². The average molecular weight is 343 g/mol. The van der Waals surface area contributed by atoms with E-state index in [0.717, 1.165) is 4.68 Å². The molecule has 3 aromatic heterocycles. The lowest BCUT2D eigenvalue weighted by atomic mass is 10.5. The molecule has 0 aliphatic carbocycles. The molecule has 0 aliphatic heterocycles. The molecule has 0 radical (unpaired) electrons. The number of alkyl halides is 3. The third-order valence-corrected chi connectivity index (χ3v) is 3.37. The van der Waals surface area contributed by atoms with Crippen LogP contribution in [0, 0.1) is 6.92 Å². The van der Waals surface area contributed by atoms with E-state index in [2.05, 4.69) is 25.5 Å². The van der Waals surface area contributed by atoms with E-state index >= 15 is 0 Å². The van der Waals surface area contributed by atoms with Gasteiger partial charge in [0.15, 0.2) is 0 Å². The van der Waals surface area contributed by atoms with Crippen molar-refractivity contribution in [3.05, 3.63) is 34.3 Å². The Kier molecular flexibility index (Phi) is 3.60. The minimum atomic E-state index is -4.65. The van der Waals surface area contributed by atoms with E-state index in [0.29, 0.717) is 5.69 Å². The number of hydrogen-bond acceptors (Lipinski definition) is 6. The lowest BCUT2D eigenvalue weighted by Crippen LogP contribution is -2.14. The number of aromatic nitrogens is 6. The Labute approximate surface area is 130 Å². The number of aromatic amines is 1. The number of nitrogens with zero attached hydrogens (tertiary/aromatic N) is 5. The number of aryl methyl sites for hydroxylation is 1. The van der Waals surface area contributed by atoms with Crippen LogP contribution in [-0.4, -0.2) is 35.9 Å². The highest BCUT2D eigenvalue weighted by Gasteiger charge is 2.35. The van der Waals surface area contributed by atoms with E-state index in [4.69, 9.17) is 0 Å². The number of carbonyl (C=O) groups is 1. The van der Waals surface area contributed by atoms with E-state index in [1.165, 1.54) is 18.3 Å². The van der Waals surface area contributed by atoms with Gasteiger partial charge in [0.1, 0.15) is 5.82 Å². The molecule has 0 saturated heterocycles. The largest absolute Gasteiger partial charge is 0.451 e. The van der Waals surface area contributed by atoms with Gasteiger partial charge in [0.25, 0.3) is 11.9 Å². The zero-order valence-electron chi connectivity index (χ0n) is 11.4. The quantitative estimate of drug-likeness (QED) is 0.758. The number of halogens is 3. The van der Waals surface area contributed by atoms with E-state index in [-0.39, 0.29) is 17.6 Å². The summed E-state index contributed by atoms with van der Waals surface area (Å²) in [5.74, 6) is -2.22. The van der Waals surface area contributed by atoms with Crippen molar-refractivity contribution in [1.29, 1.82) is 0 Å². The number of thiophene rings is 1. The van der Waals surface area contributed by atoms with E-state index in [1.807, 2.05) is 0 Å². The van der Waals surface area contributed by atoms with Crippen LogP contribution >= 0.6 is 11.3 Å². The predicted molar refractivity (Wildman–Crippen MR) is 73.3 cm³/mol. The summed E-state index contributed by atoms with van der Waals surface area (Å²) in [6.07, 6.45) is -4.65. The van der Waals surface area contributed by atoms with Crippen LogP contribution in [0.15, 0.2) is 16.8 Å². The molecule has 0 bridgehead atoms. The average Bonchev–Trinajstić information content (AvgIpc) is 3.16. The monoisotopic (exact) mass is 343 g/mol. The second-order valence-corrected chi connectivity index (χ2v) is 5.12. The summed E-state index contributed by atoms with van der Waals surface area (Å²) in [4.78, 5) is 19.2. The van der Waals surface area contributed by atoms with Crippen molar-refractivity contribution >= 4 is 22.9 Å². The molecule has 12 heteroatoms. The molecular weight excluding hydrogens is 335 g/mol. The zero-order chi connectivity index (χ0) is 16.6. The number of nitrogens with one attached hydrogen (secondary N) is 2. The van der Waals surface area contributed by atoms with Crippen molar-refractivity contribution in [2.24, 2.45) is 0 Å². The van der Waals surface area contributed by atoms with E-state index in [1.54, 1.807) is 21.9 Å². The Bertz CT molecular complexity index is 836. The van der Waals surface area contributed by atoms with Gasteiger partial charge in [0.2, 0.25) is 11.6 Å². The lowest BCUT2D eigenvalue weighted by Gasteiger charge is -1.98. The van der Waals surface area contributed by atoms with Gasteiger partial charge in [-0.15, -0.1) is 10.2 Å². The number of carbonyl (C=O) groups excluding carboxylic acids is 1. The molecule has 0 unspecified atom stereocenters. The van der Waals surface area contributed by atoms with Crippen LogP contribution < -0.4 is 5.32 Å². The van der Waals surface area contributed by atoms with Gasteiger partial charge in [-0.2, -0.15) is 34.2 Å². The van der Waals surface area contributed by atoms with E-state index < -0.39 is 17.9 Å². The smallest absolute Gasteiger partial charge is 0.318 e. The van der Waals surface area contributed by atoms with Gasteiger partial charge in [-0.05, 0) is 18.4 Å². The van der Waals surface area contributed by atoms with E-state index in [9.17, 15) is 18.0 Å². The Balaban J connectivity index is 1.86. The maximum absolute atomic E-state index is 12.5. The first-order valence-electron chi connectivity index (χ1n) is 6.12. The molecule has 2 N–H and O–H groups in total. The highest BCUT2D eigenvalue weighted by molar-refractivity contribution is 7.08. The molecule has 1 amide bonds. The summed E-state index contributed by atoms with van der Waals surface area (Å²) in [5, 5.41) is 15.1. The van der Waals surface area contributed by atoms with Crippen LogP contribution in [-0.2, 0) is 6.18 Å². The predicted octanol–water partition coefficient (Wildman–Crippen LogP) is 2.03. The minimum Gasteiger partial charge on any atom is -0.318 e. The van der Waals surface area contributed by atoms with Crippen LogP contribution in [0.4, 0.5) is 18.9 Å². The van der Waals surface area contributed by atoms with Crippen molar-refractivity contribution in [2.45, 2.75) is 13.1 Å². The molecule has 8 nitrogen and oxygen atoms in total. The van der Waals surface area contributed by atoms with Gasteiger partial charge >= 0.3 is 6.18 Å². The fourth-order valence-corrected chi connectivity index (χ4v) is 2.26. The first-order valence-corrected chi connectivity index (χ1v) is 7.06. The number of rotatable bonds is 3. The summed E-state index contributed by atoms with van der Waals surface area (Å²) in [7, 11) is 0. The normalized spacial score (nSPS) is 11.7. The SMILES string of the molecule is Cc1nc(C(=O)Nc2ccsc2)nn1-c1n[nH]c(C(F)(F)F)n1. The van der Waals surface area contributed by atoms with Gasteiger partial charge < -0.3 is 5.32 Å². The third kappa shape index (κ3) is 3.06. The third-order valence-electron chi connectivity index (χ3n) is 2.68. The topological polar surface area (TPSA) is 101 Å². The van der Waals surface area contributed by atoms with Crippen molar-refractivity contribution in [1.82, 2.24) is 29.9 Å². The maximum atomic E-state index is 12.5. The Hall–Kier alpha value is -2.76. The molecule has 0 fully saturated rings. The van der Waals surface area contributed by atoms with Crippen LogP contribution in [0.3, 0.4) is 0 Å². The number of H-pyrrole nitrogens is 1. The Morgan fingerprint density at radius 3 is 2.78 bits per heavy atom. The molecule has 0 aromatic carbocycles. The molecule has 120 valence electrons. The molecule has 0 spiro atoms. The summed E-state index contributed by atoms with van der Waals surface area (Å²) < 4.78 is 38.5. The fraction of sp³-hybridized carbons (Fsp3) is 0.182. The van der Waals surface area contributed by atoms with Crippen LogP contribution in [0.25, 0.3) is 5.95 Å². The highest BCUT2D eigenvalue weighted by atomic mass is 32.1. The first-order chi connectivity index (χ1) is 10.8. The van der Waals surface area contributed by atoms with Gasteiger partial charge in [0.05, 0.1) is 5.69 Å². The van der Waals surface area contributed by atoms with Gasteiger partial charge in [-0.3, -0.25) is 9.89 Å².